The molecule has 1 aromatic carbocycles. The van der Waals surface area contributed by atoms with Crippen molar-refractivity contribution < 1.29 is 4.79 Å². The van der Waals surface area contributed by atoms with Gasteiger partial charge in [0.25, 0.3) is 0 Å². The van der Waals surface area contributed by atoms with Gasteiger partial charge < -0.3 is 11.1 Å². The van der Waals surface area contributed by atoms with Crippen molar-refractivity contribution in [1.82, 2.24) is 4.98 Å². The van der Waals surface area contributed by atoms with E-state index in [-0.39, 0.29) is 11.9 Å². The predicted molar refractivity (Wildman–Crippen MR) is 73.4 cm³/mol. The van der Waals surface area contributed by atoms with E-state index in [0.29, 0.717) is 0 Å². The summed E-state index contributed by atoms with van der Waals surface area (Å²) in [6, 6.07) is 7.59. The maximum absolute atomic E-state index is 11.1. The molecule has 1 atom stereocenters. The molecule has 0 aliphatic heterocycles. The summed E-state index contributed by atoms with van der Waals surface area (Å²) in [5.74, 6) is -0.0863. The zero-order valence-corrected chi connectivity index (χ0v) is 10.8. The highest BCUT2D eigenvalue weighted by Crippen LogP contribution is 2.25. The van der Waals surface area contributed by atoms with Gasteiger partial charge in [0.05, 0.1) is 5.52 Å². The highest BCUT2D eigenvalue weighted by molar-refractivity contribution is 5.93. The summed E-state index contributed by atoms with van der Waals surface area (Å²) >= 11 is 0. The van der Waals surface area contributed by atoms with Gasteiger partial charge in [-0.2, -0.15) is 0 Å². The standard InChI is InChI=1S/C14H17N3O/c1-8-6-12(9(2)15)13-7-11(17-10(3)18)4-5-14(13)16-8/h4-7,9H,15H2,1-3H3,(H,17,18). The number of carbonyl (C=O) groups is 1. The molecule has 1 unspecified atom stereocenters. The second-order valence-corrected chi connectivity index (χ2v) is 4.55. The lowest BCUT2D eigenvalue weighted by atomic mass is 10.0. The first-order valence-electron chi connectivity index (χ1n) is 5.92. The van der Waals surface area contributed by atoms with Gasteiger partial charge in [-0.3, -0.25) is 9.78 Å². The van der Waals surface area contributed by atoms with Crippen molar-refractivity contribution in [3.8, 4) is 0 Å². The minimum absolute atomic E-state index is 0.0678. The van der Waals surface area contributed by atoms with E-state index in [9.17, 15) is 4.79 Å². The average molecular weight is 243 g/mol. The summed E-state index contributed by atoms with van der Waals surface area (Å²) in [4.78, 5) is 15.5. The molecule has 0 fully saturated rings. The van der Waals surface area contributed by atoms with E-state index in [1.165, 1.54) is 6.92 Å². The molecule has 0 saturated carbocycles. The number of aromatic nitrogens is 1. The smallest absolute Gasteiger partial charge is 0.221 e. The molecule has 1 aromatic heterocycles. The van der Waals surface area contributed by atoms with E-state index in [1.807, 2.05) is 38.1 Å². The Morgan fingerprint density at radius 1 is 1.39 bits per heavy atom. The van der Waals surface area contributed by atoms with Gasteiger partial charge in [-0.15, -0.1) is 0 Å². The van der Waals surface area contributed by atoms with Crippen molar-refractivity contribution in [2.75, 3.05) is 5.32 Å². The normalized spacial score (nSPS) is 12.4. The van der Waals surface area contributed by atoms with Crippen LogP contribution in [-0.2, 0) is 4.79 Å². The van der Waals surface area contributed by atoms with Gasteiger partial charge in [-0.1, -0.05) is 0 Å². The number of amides is 1. The molecule has 0 radical (unpaired) electrons. The second kappa shape index (κ2) is 4.74. The molecule has 0 spiro atoms. The number of anilines is 1. The topological polar surface area (TPSA) is 68.0 Å². The number of nitrogens with zero attached hydrogens (tertiary/aromatic N) is 1. The Bertz CT molecular complexity index is 605. The van der Waals surface area contributed by atoms with Crippen LogP contribution in [0, 0.1) is 6.92 Å². The summed E-state index contributed by atoms with van der Waals surface area (Å²) in [7, 11) is 0. The number of nitrogens with one attached hydrogen (secondary N) is 1. The van der Waals surface area contributed by atoms with E-state index < -0.39 is 0 Å². The third kappa shape index (κ3) is 2.49. The molecule has 0 aliphatic carbocycles. The molecule has 4 nitrogen and oxygen atoms in total. The molecule has 1 amide bonds. The Labute approximate surface area is 106 Å². The van der Waals surface area contributed by atoms with Crippen LogP contribution in [0.25, 0.3) is 10.9 Å². The zero-order valence-electron chi connectivity index (χ0n) is 10.8. The molecule has 0 saturated heterocycles. The number of nitrogens with two attached hydrogens (primary N) is 1. The quantitative estimate of drug-likeness (QED) is 0.851. The van der Waals surface area contributed by atoms with Crippen LogP contribution >= 0.6 is 0 Å². The largest absolute Gasteiger partial charge is 0.326 e. The number of rotatable bonds is 2. The fourth-order valence-electron chi connectivity index (χ4n) is 2.05. The Balaban J connectivity index is 2.63. The van der Waals surface area contributed by atoms with Crippen LogP contribution in [0.15, 0.2) is 24.3 Å². The maximum atomic E-state index is 11.1. The molecule has 2 aromatic rings. The number of fused-ring (bicyclic) bond motifs is 1. The summed E-state index contributed by atoms with van der Waals surface area (Å²) in [5, 5.41) is 3.76. The first kappa shape index (κ1) is 12.5. The fraction of sp³-hybridized carbons (Fsp3) is 0.286. The van der Waals surface area contributed by atoms with Crippen molar-refractivity contribution in [2.45, 2.75) is 26.8 Å². The molecule has 0 aliphatic rings. The first-order valence-corrected chi connectivity index (χ1v) is 5.92. The zero-order chi connectivity index (χ0) is 13.3. The van der Waals surface area contributed by atoms with Crippen LogP contribution in [0.3, 0.4) is 0 Å². The number of pyridine rings is 1. The third-order valence-electron chi connectivity index (χ3n) is 2.78. The van der Waals surface area contributed by atoms with Crippen molar-refractivity contribution in [1.29, 1.82) is 0 Å². The Morgan fingerprint density at radius 2 is 2.11 bits per heavy atom. The number of hydrogen-bond donors (Lipinski definition) is 2. The van der Waals surface area contributed by atoms with Crippen LogP contribution in [-0.4, -0.2) is 10.9 Å². The highest BCUT2D eigenvalue weighted by atomic mass is 16.1. The predicted octanol–water partition coefficient (Wildman–Crippen LogP) is 2.52. The minimum atomic E-state index is -0.0863. The summed E-state index contributed by atoms with van der Waals surface area (Å²) in [5.41, 5.74) is 9.64. The Kier molecular flexibility index (Phi) is 3.30. The van der Waals surface area contributed by atoms with Gasteiger partial charge in [-0.05, 0) is 43.7 Å². The Hall–Kier alpha value is -1.94. The molecule has 94 valence electrons. The fourth-order valence-corrected chi connectivity index (χ4v) is 2.05. The second-order valence-electron chi connectivity index (χ2n) is 4.55. The average Bonchev–Trinajstić information content (AvgIpc) is 2.27. The summed E-state index contributed by atoms with van der Waals surface area (Å²) < 4.78 is 0. The van der Waals surface area contributed by atoms with Crippen molar-refractivity contribution in [2.24, 2.45) is 5.73 Å². The van der Waals surface area contributed by atoms with Crippen molar-refractivity contribution in [3.63, 3.8) is 0 Å². The van der Waals surface area contributed by atoms with Gasteiger partial charge in [0.1, 0.15) is 0 Å². The number of carbonyl (C=O) groups excluding carboxylic acids is 1. The molecular formula is C14H17N3O. The van der Waals surface area contributed by atoms with E-state index >= 15 is 0 Å². The van der Waals surface area contributed by atoms with Crippen LogP contribution < -0.4 is 11.1 Å². The van der Waals surface area contributed by atoms with Crippen LogP contribution in [0.1, 0.15) is 31.1 Å². The number of hydrogen-bond acceptors (Lipinski definition) is 3. The molecule has 2 rings (SSSR count). The van der Waals surface area contributed by atoms with Gasteiger partial charge in [0.2, 0.25) is 5.91 Å². The molecular weight excluding hydrogens is 226 g/mol. The lowest BCUT2D eigenvalue weighted by molar-refractivity contribution is -0.114. The molecule has 1 heterocycles. The molecule has 3 N–H and O–H groups in total. The van der Waals surface area contributed by atoms with Gasteiger partial charge in [0, 0.05) is 29.7 Å². The lowest BCUT2D eigenvalue weighted by Gasteiger charge is -2.12. The SMILES string of the molecule is CC(=O)Nc1ccc2nc(C)cc(C(C)N)c2c1. The molecule has 4 heteroatoms. The van der Waals surface area contributed by atoms with Crippen molar-refractivity contribution >= 4 is 22.5 Å². The number of benzene rings is 1. The van der Waals surface area contributed by atoms with Crippen LogP contribution in [0.2, 0.25) is 0 Å². The summed E-state index contributed by atoms with van der Waals surface area (Å²) in [6.07, 6.45) is 0. The van der Waals surface area contributed by atoms with Gasteiger partial charge in [0.15, 0.2) is 0 Å². The van der Waals surface area contributed by atoms with E-state index in [1.54, 1.807) is 0 Å². The molecule has 0 bridgehead atoms. The minimum Gasteiger partial charge on any atom is -0.326 e. The van der Waals surface area contributed by atoms with Gasteiger partial charge in [-0.25, -0.2) is 0 Å². The summed E-state index contributed by atoms with van der Waals surface area (Å²) in [6.45, 7) is 5.39. The van der Waals surface area contributed by atoms with Crippen molar-refractivity contribution in [3.05, 3.63) is 35.5 Å². The van der Waals surface area contributed by atoms with E-state index in [2.05, 4.69) is 10.3 Å². The Morgan fingerprint density at radius 3 is 2.72 bits per heavy atom. The molecule has 18 heavy (non-hydrogen) atoms. The van der Waals surface area contributed by atoms with Crippen LogP contribution in [0.5, 0.6) is 0 Å². The highest BCUT2D eigenvalue weighted by Gasteiger charge is 2.09. The lowest BCUT2D eigenvalue weighted by Crippen LogP contribution is -2.08. The third-order valence-corrected chi connectivity index (χ3v) is 2.78. The van der Waals surface area contributed by atoms with Gasteiger partial charge >= 0.3 is 0 Å². The monoisotopic (exact) mass is 243 g/mol. The van der Waals surface area contributed by atoms with Crippen LogP contribution in [0.4, 0.5) is 5.69 Å². The van der Waals surface area contributed by atoms with E-state index in [4.69, 9.17) is 5.73 Å². The first-order chi connectivity index (χ1) is 8.47. The van der Waals surface area contributed by atoms with E-state index in [0.717, 1.165) is 27.8 Å². The number of aryl methyl sites for hydroxylation is 1. The maximum Gasteiger partial charge on any atom is 0.221 e.